The highest BCUT2D eigenvalue weighted by Crippen LogP contribution is 2.26. The zero-order valence-electron chi connectivity index (χ0n) is 14.5. The summed E-state index contributed by atoms with van der Waals surface area (Å²) in [5, 5.41) is 2.51. The van der Waals surface area contributed by atoms with Gasteiger partial charge in [-0.25, -0.2) is 9.78 Å². The van der Waals surface area contributed by atoms with E-state index in [1.165, 1.54) is 23.9 Å². The first kappa shape index (κ1) is 21.2. The van der Waals surface area contributed by atoms with Crippen molar-refractivity contribution < 1.29 is 23.1 Å². The lowest BCUT2D eigenvalue weighted by Gasteiger charge is -2.09. The minimum Gasteiger partial charge on any atom is -0.452 e. The van der Waals surface area contributed by atoms with Crippen molar-refractivity contribution in [3.05, 3.63) is 53.7 Å². The zero-order valence-corrected chi connectivity index (χ0v) is 16.1. The smallest absolute Gasteiger partial charge is 0.341 e. The highest BCUT2D eigenvalue weighted by molar-refractivity contribution is 7.99. The first-order valence-electron chi connectivity index (χ1n) is 7.99. The SMILES string of the molecule is Cc1ccc(SCCNC(=O)COC(=O)c2cccnc2SC(F)F)cc1. The molecule has 2 rings (SSSR count). The van der Waals surface area contributed by atoms with Gasteiger partial charge < -0.3 is 10.1 Å². The molecule has 9 heteroatoms. The molecule has 0 aliphatic carbocycles. The number of aromatic nitrogens is 1. The van der Waals surface area contributed by atoms with E-state index in [1.807, 2.05) is 31.2 Å². The maximum absolute atomic E-state index is 12.5. The molecule has 0 fully saturated rings. The molecule has 0 bridgehead atoms. The number of ether oxygens (including phenoxy) is 1. The number of carbonyl (C=O) groups excluding carboxylic acids is 2. The van der Waals surface area contributed by atoms with Crippen LogP contribution in [-0.4, -0.2) is 41.5 Å². The number of pyridine rings is 1. The number of amides is 1. The second-order valence-corrected chi connectivity index (χ2v) is 7.47. The minimum atomic E-state index is -2.71. The summed E-state index contributed by atoms with van der Waals surface area (Å²) in [6, 6.07) is 10.8. The summed E-state index contributed by atoms with van der Waals surface area (Å²) in [5.74, 6) is -3.36. The van der Waals surface area contributed by atoms with Crippen molar-refractivity contribution in [1.29, 1.82) is 0 Å². The lowest BCUT2D eigenvalue weighted by molar-refractivity contribution is -0.124. The topological polar surface area (TPSA) is 68.3 Å². The molecule has 0 unspecified atom stereocenters. The molecule has 0 aliphatic heterocycles. The number of alkyl halides is 2. The fourth-order valence-corrected chi connectivity index (χ4v) is 3.32. The van der Waals surface area contributed by atoms with Gasteiger partial charge in [0.05, 0.1) is 5.56 Å². The van der Waals surface area contributed by atoms with Gasteiger partial charge in [0.15, 0.2) is 6.61 Å². The molecule has 144 valence electrons. The first-order chi connectivity index (χ1) is 13.0. The van der Waals surface area contributed by atoms with Crippen LogP contribution in [0.2, 0.25) is 0 Å². The average molecular weight is 412 g/mol. The molecule has 27 heavy (non-hydrogen) atoms. The second kappa shape index (κ2) is 10.9. The first-order valence-corrected chi connectivity index (χ1v) is 9.85. The molecular weight excluding hydrogens is 394 g/mol. The van der Waals surface area contributed by atoms with Crippen LogP contribution in [-0.2, 0) is 9.53 Å². The van der Waals surface area contributed by atoms with Gasteiger partial charge in [0.1, 0.15) is 5.03 Å². The van der Waals surface area contributed by atoms with E-state index in [-0.39, 0.29) is 22.4 Å². The Labute approximate surface area is 164 Å². The Morgan fingerprint density at radius 1 is 1.22 bits per heavy atom. The molecule has 0 spiro atoms. The van der Waals surface area contributed by atoms with Gasteiger partial charge in [-0.1, -0.05) is 17.7 Å². The van der Waals surface area contributed by atoms with Crippen LogP contribution in [0, 0.1) is 6.92 Å². The van der Waals surface area contributed by atoms with Gasteiger partial charge in [-0.2, -0.15) is 8.78 Å². The number of halogens is 2. The number of thioether (sulfide) groups is 2. The van der Waals surface area contributed by atoms with Crippen LogP contribution in [0.1, 0.15) is 15.9 Å². The largest absolute Gasteiger partial charge is 0.452 e. The van der Waals surface area contributed by atoms with Crippen molar-refractivity contribution in [1.82, 2.24) is 10.3 Å². The lowest BCUT2D eigenvalue weighted by Crippen LogP contribution is -2.30. The Hall–Kier alpha value is -2.13. The van der Waals surface area contributed by atoms with E-state index >= 15 is 0 Å². The van der Waals surface area contributed by atoms with Crippen molar-refractivity contribution in [2.45, 2.75) is 22.6 Å². The third-order valence-electron chi connectivity index (χ3n) is 3.24. The van der Waals surface area contributed by atoms with Crippen LogP contribution in [0.4, 0.5) is 8.78 Å². The number of benzene rings is 1. The maximum Gasteiger partial charge on any atom is 0.341 e. The molecule has 0 radical (unpaired) electrons. The molecule has 0 atom stereocenters. The summed E-state index contributed by atoms with van der Waals surface area (Å²) in [5.41, 5.74) is 1.09. The molecule has 1 aromatic carbocycles. The number of hydrogen-bond acceptors (Lipinski definition) is 6. The van der Waals surface area contributed by atoms with E-state index < -0.39 is 24.2 Å². The van der Waals surface area contributed by atoms with E-state index in [4.69, 9.17) is 4.74 Å². The highest BCUT2D eigenvalue weighted by atomic mass is 32.2. The molecule has 1 N–H and O–H groups in total. The van der Waals surface area contributed by atoms with Gasteiger partial charge >= 0.3 is 5.97 Å². The highest BCUT2D eigenvalue weighted by Gasteiger charge is 2.18. The molecule has 1 heterocycles. The fourth-order valence-electron chi connectivity index (χ4n) is 1.98. The van der Waals surface area contributed by atoms with Crippen LogP contribution in [0.3, 0.4) is 0 Å². The van der Waals surface area contributed by atoms with E-state index in [1.54, 1.807) is 11.8 Å². The van der Waals surface area contributed by atoms with Gasteiger partial charge in [-0.15, -0.1) is 11.8 Å². The van der Waals surface area contributed by atoms with E-state index in [0.717, 1.165) is 4.90 Å². The number of aryl methyl sites for hydroxylation is 1. The van der Waals surface area contributed by atoms with Gasteiger partial charge in [-0.3, -0.25) is 4.79 Å². The fraction of sp³-hybridized carbons (Fsp3) is 0.278. The average Bonchev–Trinajstić information content (AvgIpc) is 2.64. The molecule has 5 nitrogen and oxygen atoms in total. The number of carbonyl (C=O) groups is 2. The Morgan fingerprint density at radius 3 is 2.67 bits per heavy atom. The predicted molar refractivity (Wildman–Crippen MR) is 101 cm³/mol. The van der Waals surface area contributed by atoms with Crippen molar-refractivity contribution in [2.24, 2.45) is 0 Å². The number of rotatable bonds is 9. The van der Waals surface area contributed by atoms with E-state index in [9.17, 15) is 18.4 Å². The van der Waals surface area contributed by atoms with E-state index in [0.29, 0.717) is 12.3 Å². The molecular formula is C18H18F2N2O3S2. The molecule has 0 saturated heterocycles. The summed E-state index contributed by atoms with van der Waals surface area (Å²) in [7, 11) is 0. The van der Waals surface area contributed by atoms with Crippen molar-refractivity contribution in [3.8, 4) is 0 Å². The molecule has 1 aromatic heterocycles. The summed E-state index contributed by atoms with van der Waals surface area (Å²) in [6.07, 6.45) is 1.31. The van der Waals surface area contributed by atoms with Crippen molar-refractivity contribution in [2.75, 3.05) is 18.9 Å². The van der Waals surface area contributed by atoms with Crippen molar-refractivity contribution in [3.63, 3.8) is 0 Å². The van der Waals surface area contributed by atoms with E-state index in [2.05, 4.69) is 10.3 Å². The van der Waals surface area contributed by atoms with Crippen LogP contribution in [0.5, 0.6) is 0 Å². The molecule has 2 aromatic rings. The predicted octanol–water partition coefficient (Wildman–Crippen LogP) is 3.77. The van der Waals surface area contributed by atoms with Crippen LogP contribution < -0.4 is 5.32 Å². The van der Waals surface area contributed by atoms with Crippen LogP contribution in [0.25, 0.3) is 0 Å². The zero-order chi connectivity index (χ0) is 19.6. The molecule has 0 saturated carbocycles. The molecule has 0 aliphatic rings. The Bertz CT molecular complexity index is 773. The lowest BCUT2D eigenvalue weighted by atomic mass is 10.2. The monoisotopic (exact) mass is 412 g/mol. The van der Waals surface area contributed by atoms with Gasteiger partial charge in [0.2, 0.25) is 0 Å². The number of esters is 1. The number of nitrogens with one attached hydrogen (secondary N) is 1. The number of hydrogen-bond donors (Lipinski definition) is 1. The third-order valence-corrected chi connectivity index (χ3v) is 4.98. The Balaban J connectivity index is 1.72. The quantitative estimate of drug-likeness (QED) is 0.384. The normalized spacial score (nSPS) is 10.7. The third kappa shape index (κ3) is 7.56. The summed E-state index contributed by atoms with van der Waals surface area (Å²) in [6.45, 7) is 1.94. The standard InChI is InChI=1S/C18H18F2N2O3S2/c1-12-4-6-13(7-5-12)26-10-9-21-15(23)11-25-17(24)14-3-2-8-22-16(14)27-18(19)20/h2-8,18H,9-11H2,1H3,(H,21,23). The van der Waals surface area contributed by atoms with Crippen LogP contribution >= 0.6 is 23.5 Å². The summed E-state index contributed by atoms with van der Waals surface area (Å²) in [4.78, 5) is 28.6. The number of nitrogens with zero attached hydrogens (tertiary/aromatic N) is 1. The Morgan fingerprint density at radius 2 is 1.96 bits per heavy atom. The Kier molecular flexibility index (Phi) is 8.53. The van der Waals surface area contributed by atoms with Gasteiger partial charge in [0, 0.05) is 23.4 Å². The van der Waals surface area contributed by atoms with Crippen molar-refractivity contribution >= 4 is 35.4 Å². The van der Waals surface area contributed by atoms with Gasteiger partial charge in [0.25, 0.3) is 11.7 Å². The molecule has 1 amide bonds. The summed E-state index contributed by atoms with van der Waals surface area (Å²) >= 11 is 1.75. The second-order valence-electron chi connectivity index (χ2n) is 5.32. The maximum atomic E-state index is 12.5. The minimum absolute atomic E-state index is 0.0921. The summed E-state index contributed by atoms with van der Waals surface area (Å²) < 4.78 is 29.9. The van der Waals surface area contributed by atoms with Crippen LogP contribution in [0.15, 0.2) is 52.5 Å². The van der Waals surface area contributed by atoms with Gasteiger partial charge in [-0.05, 0) is 43.0 Å².